The van der Waals surface area contributed by atoms with Gasteiger partial charge in [-0.25, -0.2) is 9.07 Å². The van der Waals surface area contributed by atoms with E-state index in [2.05, 4.69) is 16.9 Å². The van der Waals surface area contributed by atoms with E-state index in [-0.39, 0.29) is 11.9 Å². The molecule has 5 heteroatoms. The molecule has 3 rings (SSSR count). The van der Waals surface area contributed by atoms with E-state index in [0.29, 0.717) is 6.04 Å². The van der Waals surface area contributed by atoms with Gasteiger partial charge in [-0.05, 0) is 70.8 Å². The van der Waals surface area contributed by atoms with Gasteiger partial charge < -0.3 is 5.11 Å². The van der Waals surface area contributed by atoms with E-state index in [1.54, 1.807) is 12.1 Å². The number of aliphatic hydroxyl groups excluding tert-OH is 1. The highest BCUT2D eigenvalue weighted by atomic mass is 19.1. The summed E-state index contributed by atoms with van der Waals surface area (Å²) in [5.74, 6) is -0.237. The van der Waals surface area contributed by atoms with Crippen molar-refractivity contribution in [2.45, 2.75) is 58.7 Å². The number of benzene rings is 1. The van der Waals surface area contributed by atoms with Crippen LogP contribution >= 0.6 is 0 Å². The molecule has 0 amide bonds. The first kappa shape index (κ1) is 17.1. The second kappa shape index (κ2) is 7.03. The molecule has 0 spiro atoms. The molecule has 0 aliphatic carbocycles. The molecule has 4 nitrogen and oxygen atoms in total. The van der Waals surface area contributed by atoms with Crippen molar-refractivity contribution in [3.05, 3.63) is 47.0 Å². The molecule has 24 heavy (non-hydrogen) atoms. The Labute approximate surface area is 142 Å². The smallest absolute Gasteiger partial charge is 0.123 e. The fourth-order valence-corrected chi connectivity index (χ4v) is 3.70. The summed E-state index contributed by atoms with van der Waals surface area (Å²) in [5, 5.41) is 14.4. The quantitative estimate of drug-likeness (QED) is 0.913. The normalized spacial score (nSPS) is 19.8. The highest BCUT2D eigenvalue weighted by Crippen LogP contribution is 2.26. The molecule has 1 aliphatic rings. The molecule has 0 radical (unpaired) electrons. The predicted octanol–water partition coefficient (Wildman–Crippen LogP) is 3.36. The molecular formula is C19H26FN3O. The number of hydrogen-bond donors (Lipinski definition) is 1. The number of likely N-dealkylation sites (tertiary alicyclic amines) is 1. The molecule has 0 bridgehead atoms. The molecule has 1 fully saturated rings. The summed E-state index contributed by atoms with van der Waals surface area (Å²) in [4.78, 5) is 2.46. The van der Waals surface area contributed by atoms with Crippen molar-refractivity contribution in [3.8, 4) is 5.69 Å². The second-order valence-corrected chi connectivity index (χ2v) is 6.89. The molecule has 130 valence electrons. The summed E-state index contributed by atoms with van der Waals surface area (Å²) >= 11 is 0. The van der Waals surface area contributed by atoms with Crippen molar-refractivity contribution >= 4 is 0 Å². The Hall–Kier alpha value is -1.72. The van der Waals surface area contributed by atoms with Gasteiger partial charge >= 0.3 is 0 Å². The van der Waals surface area contributed by atoms with Crippen LogP contribution in [-0.4, -0.2) is 38.5 Å². The van der Waals surface area contributed by atoms with Crippen molar-refractivity contribution in [3.63, 3.8) is 0 Å². The van der Waals surface area contributed by atoms with Crippen LogP contribution in [0.15, 0.2) is 24.3 Å². The Morgan fingerprint density at radius 1 is 1.29 bits per heavy atom. The van der Waals surface area contributed by atoms with Crippen LogP contribution in [0.4, 0.5) is 4.39 Å². The zero-order valence-corrected chi connectivity index (χ0v) is 14.7. The van der Waals surface area contributed by atoms with Gasteiger partial charge in [0.15, 0.2) is 0 Å². The summed E-state index contributed by atoms with van der Waals surface area (Å²) in [5.41, 5.74) is 4.23. The largest absolute Gasteiger partial charge is 0.393 e. The summed E-state index contributed by atoms with van der Waals surface area (Å²) < 4.78 is 15.0. The number of hydrogen-bond acceptors (Lipinski definition) is 3. The monoisotopic (exact) mass is 331 g/mol. The molecule has 0 saturated carbocycles. The van der Waals surface area contributed by atoms with Crippen LogP contribution < -0.4 is 0 Å². The van der Waals surface area contributed by atoms with Crippen LogP contribution in [0.1, 0.15) is 43.1 Å². The van der Waals surface area contributed by atoms with Crippen LogP contribution in [0.25, 0.3) is 5.69 Å². The lowest BCUT2D eigenvalue weighted by Crippen LogP contribution is -2.31. The van der Waals surface area contributed by atoms with Crippen molar-refractivity contribution in [1.82, 2.24) is 14.7 Å². The Morgan fingerprint density at radius 3 is 2.67 bits per heavy atom. The Balaban J connectivity index is 1.83. The standard InChI is InChI=1S/C19H26FN3O/c1-13(24)11-18-5-4-10-22(18)12-19-14(2)21-23(15(19)3)17-8-6-16(20)7-9-17/h6-9,13,18,24H,4-5,10-12H2,1-3H3. The van der Waals surface area contributed by atoms with Crippen LogP contribution in [0.5, 0.6) is 0 Å². The highest BCUT2D eigenvalue weighted by Gasteiger charge is 2.27. The molecule has 1 aromatic heterocycles. The summed E-state index contributed by atoms with van der Waals surface area (Å²) in [6.45, 7) is 7.88. The lowest BCUT2D eigenvalue weighted by atomic mass is 10.1. The van der Waals surface area contributed by atoms with E-state index in [4.69, 9.17) is 0 Å². The van der Waals surface area contributed by atoms with E-state index < -0.39 is 0 Å². The minimum atomic E-state index is -0.264. The van der Waals surface area contributed by atoms with Crippen molar-refractivity contribution in [1.29, 1.82) is 0 Å². The topological polar surface area (TPSA) is 41.3 Å². The molecule has 1 aliphatic heterocycles. The summed E-state index contributed by atoms with van der Waals surface area (Å²) in [6, 6.07) is 6.88. The number of halogens is 1. The minimum Gasteiger partial charge on any atom is -0.393 e. The SMILES string of the molecule is Cc1nn(-c2ccc(F)cc2)c(C)c1CN1CCCC1CC(C)O. The number of aliphatic hydroxyl groups is 1. The summed E-state index contributed by atoms with van der Waals surface area (Å²) in [6.07, 6.45) is 2.89. The second-order valence-electron chi connectivity index (χ2n) is 6.89. The fraction of sp³-hybridized carbons (Fsp3) is 0.526. The van der Waals surface area contributed by atoms with Crippen LogP contribution in [0.3, 0.4) is 0 Å². The Kier molecular flexibility index (Phi) is 5.01. The minimum absolute atomic E-state index is 0.237. The van der Waals surface area contributed by atoms with E-state index in [1.807, 2.05) is 18.5 Å². The molecule has 1 N–H and O–H groups in total. The van der Waals surface area contributed by atoms with Crippen LogP contribution in [0.2, 0.25) is 0 Å². The molecule has 2 aromatic rings. The first-order valence-corrected chi connectivity index (χ1v) is 8.69. The van der Waals surface area contributed by atoms with Gasteiger partial charge in [0, 0.05) is 23.8 Å². The van der Waals surface area contributed by atoms with Gasteiger partial charge in [-0.3, -0.25) is 4.90 Å². The van der Waals surface area contributed by atoms with E-state index in [0.717, 1.165) is 43.0 Å². The highest BCUT2D eigenvalue weighted by molar-refractivity contribution is 5.37. The first-order valence-electron chi connectivity index (χ1n) is 8.69. The zero-order chi connectivity index (χ0) is 17.3. The number of aryl methyl sites for hydroxylation is 1. The third-order valence-corrected chi connectivity index (χ3v) is 4.99. The number of aromatic nitrogens is 2. The Morgan fingerprint density at radius 2 is 2.00 bits per heavy atom. The Bertz CT molecular complexity index is 693. The van der Waals surface area contributed by atoms with Gasteiger partial charge in [0.2, 0.25) is 0 Å². The van der Waals surface area contributed by atoms with Gasteiger partial charge in [-0.15, -0.1) is 0 Å². The van der Waals surface area contributed by atoms with Gasteiger partial charge in [0.05, 0.1) is 17.5 Å². The molecule has 1 aromatic carbocycles. The van der Waals surface area contributed by atoms with Gasteiger partial charge in [-0.2, -0.15) is 5.10 Å². The zero-order valence-electron chi connectivity index (χ0n) is 14.7. The van der Waals surface area contributed by atoms with E-state index in [1.165, 1.54) is 24.1 Å². The fourth-order valence-electron chi connectivity index (χ4n) is 3.70. The van der Waals surface area contributed by atoms with E-state index >= 15 is 0 Å². The third kappa shape index (κ3) is 3.52. The molecular weight excluding hydrogens is 305 g/mol. The molecule has 1 saturated heterocycles. The maximum absolute atomic E-state index is 13.1. The number of nitrogens with zero attached hydrogens (tertiary/aromatic N) is 3. The van der Waals surface area contributed by atoms with Crippen molar-refractivity contribution < 1.29 is 9.50 Å². The summed E-state index contributed by atoms with van der Waals surface area (Å²) in [7, 11) is 0. The molecule has 2 unspecified atom stereocenters. The molecule has 2 heterocycles. The van der Waals surface area contributed by atoms with E-state index in [9.17, 15) is 9.50 Å². The maximum Gasteiger partial charge on any atom is 0.123 e. The van der Waals surface area contributed by atoms with Crippen LogP contribution in [0, 0.1) is 19.7 Å². The average molecular weight is 331 g/mol. The molecule has 2 atom stereocenters. The van der Waals surface area contributed by atoms with Gasteiger partial charge in [-0.1, -0.05) is 0 Å². The van der Waals surface area contributed by atoms with Gasteiger partial charge in [0.1, 0.15) is 5.82 Å². The first-order chi connectivity index (χ1) is 11.5. The lowest BCUT2D eigenvalue weighted by Gasteiger charge is -2.25. The van der Waals surface area contributed by atoms with Crippen molar-refractivity contribution in [2.24, 2.45) is 0 Å². The lowest BCUT2D eigenvalue weighted by molar-refractivity contribution is 0.130. The average Bonchev–Trinajstić information content (AvgIpc) is 3.07. The van der Waals surface area contributed by atoms with Crippen molar-refractivity contribution in [2.75, 3.05) is 6.54 Å². The maximum atomic E-state index is 13.1. The van der Waals surface area contributed by atoms with Gasteiger partial charge in [0.25, 0.3) is 0 Å². The number of rotatable bonds is 5. The predicted molar refractivity (Wildman–Crippen MR) is 92.7 cm³/mol. The van der Waals surface area contributed by atoms with Crippen LogP contribution in [-0.2, 0) is 6.54 Å². The third-order valence-electron chi connectivity index (χ3n) is 4.99.